The molecule has 0 aliphatic heterocycles. The van der Waals surface area contributed by atoms with Crippen molar-refractivity contribution >= 4 is 12.0 Å². The van der Waals surface area contributed by atoms with Crippen molar-refractivity contribution in [2.24, 2.45) is 0 Å². The van der Waals surface area contributed by atoms with Crippen LogP contribution in [0.4, 0.5) is 4.79 Å². The van der Waals surface area contributed by atoms with Gasteiger partial charge in [0, 0.05) is 18.7 Å². The number of rotatable bonds is 6. The zero-order valence-corrected chi connectivity index (χ0v) is 10.6. The van der Waals surface area contributed by atoms with Crippen LogP contribution in [-0.2, 0) is 11.3 Å². The van der Waals surface area contributed by atoms with Crippen LogP contribution < -0.4 is 10.6 Å². The van der Waals surface area contributed by atoms with Gasteiger partial charge in [-0.15, -0.1) is 0 Å². The number of hydrogen-bond donors (Lipinski definition) is 4. The molecule has 104 valence electrons. The summed E-state index contributed by atoms with van der Waals surface area (Å²) in [6.45, 7) is 1.74. The molecule has 4 N–H and O–H groups in total. The number of pyridine rings is 1. The first-order valence-electron chi connectivity index (χ1n) is 5.83. The fraction of sp³-hybridized carbons (Fsp3) is 0.417. The van der Waals surface area contributed by atoms with E-state index in [1.165, 1.54) is 0 Å². The third-order valence-corrected chi connectivity index (χ3v) is 2.40. The van der Waals surface area contributed by atoms with Gasteiger partial charge in [-0.25, -0.2) is 9.59 Å². The van der Waals surface area contributed by atoms with E-state index in [1.54, 1.807) is 6.07 Å². The van der Waals surface area contributed by atoms with E-state index in [0.717, 1.165) is 5.69 Å². The molecule has 1 heterocycles. The Kier molecular flexibility index (Phi) is 5.74. The fourth-order valence-corrected chi connectivity index (χ4v) is 1.46. The molecule has 0 aliphatic carbocycles. The Hall–Kier alpha value is -2.15. The predicted octanol–water partition coefficient (Wildman–Crippen LogP) is 0.0248. The first-order chi connectivity index (χ1) is 9.02. The molecular weight excluding hydrogens is 250 g/mol. The van der Waals surface area contributed by atoms with Gasteiger partial charge < -0.3 is 20.8 Å². The Morgan fingerprint density at radius 3 is 2.74 bits per heavy atom. The molecule has 1 aromatic heterocycles. The summed E-state index contributed by atoms with van der Waals surface area (Å²) in [4.78, 5) is 26.5. The summed E-state index contributed by atoms with van der Waals surface area (Å²) < 4.78 is 0. The minimum Gasteiger partial charge on any atom is -0.480 e. The average molecular weight is 267 g/mol. The van der Waals surface area contributed by atoms with Gasteiger partial charge in [0.25, 0.3) is 0 Å². The van der Waals surface area contributed by atoms with Crippen molar-refractivity contribution in [1.29, 1.82) is 0 Å². The number of nitrogens with zero attached hydrogens (tertiary/aromatic N) is 1. The van der Waals surface area contributed by atoms with Crippen LogP contribution in [0.5, 0.6) is 0 Å². The Morgan fingerprint density at radius 2 is 2.16 bits per heavy atom. The first kappa shape index (κ1) is 14.9. The van der Waals surface area contributed by atoms with Gasteiger partial charge in [0.1, 0.15) is 6.04 Å². The van der Waals surface area contributed by atoms with Gasteiger partial charge in [-0.2, -0.15) is 0 Å². The number of aliphatic hydroxyl groups excluding tert-OH is 1. The zero-order valence-electron chi connectivity index (χ0n) is 10.6. The number of aliphatic carboxylic acids is 1. The molecule has 0 saturated heterocycles. The molecular formula is C12H17N3O4. The smallest absolute Gasteiger partial charge is 0.326 e. The molecule has 19 heavy (non-hydrogen) atoms. The third-order valence-electron chi connectivity index (χ3n) is 2.40. The largest absolute Gasteiger partial charge is 0.480 e. The number of carbonyl (C=O) groups is 2. The van der Waals surface area contributed by atoms with E-state index < -0.39 is 18.0 Å². The second-order valence-corrected chi connectivity index (χ2v) is 4.00. The molecule has 1 rings (SSSR count). The van der Waals surface area contributed by atoms with E-state index in [9.17, 15) is 9.59 Å². The summed E-state index contributed by atoms with van der Waals surface area (Å²) in [6.07, 6.45) is -0.0363. The van der Waals surface area contributed by atoms with Gasteiger partial charge in [-0.05, 0) is 19.1 Å². The monoisotopic (exact) mass is 267 g/mol. The van der Waals surface area contributed by atoms with Crippen molar-refractivity contribution in [2.45, 2.75) is 25.9 Å². The van der Waals surface area contributed by atoms with Crippen molar-refractivity contribution < 1.29 is 19.8 Å². The standard InChI is InChI=1S/C12H17N3O4/c1-8-3-2-4-9(14-8)7-13-12(19)15-10(5-6-16)11(17)18/h2-4,10,16H,5-7H2,1H3,(H,17,18)(H2,13,15,19). The lowest BCUT2D eigenvalue weighted by Gasteiger charge is -2.13. The highest BCUT2D eigenvalue weighted by molar-refractivity contribution is 5.82. The lowest BCUT2D eigenvalue weighted by atomic mass is 10.2. The lowest BCUT2D eigenvalue weighted by molar-refractivity contribution is -0.139. The normalized spacial score (nSPS) is 11.7. The summed E-state index contributed by atoms with van der Waals surface area (Å²) in [5, 5.41) is 22.3. The van der Waals surface area contributed by atoms with Crippen LogP contribution in [0.3, 0.4) is 0 Å². The quantitative estimate of drug-likeness (QED) is 0.581. The van der Waals surface area contributed by atoms with Gasteiger partial charge in [0.2, 0.25) is 0 Å². The number of hydrogen-bond acceptors (Lipinski definition) is 4. The topological polar surface area (TPSA) is 112 Å². The summed E-state index contributed by atoms with van der Waals surface area (Å²) in [5.41, 5.74) is 1.52. The number of aryl methyl sites for hydroxylation is 1. The molecule has 1 atom stereocenters. The number of aliphatic hydroxyl groups is 1. The Bertz CT molecular complexity index is 450. The van der Waals surface area contributed by atoms with E-state index in [1.807, 2.05) is 19.1 Å². The summed E-state index contributed by atoms with van der Waals surface area (Å²) in [7, 11) is 0. The van der Waals surface area contributed by atoms with E-state index in [4.69, 9.17) is 10.2 Å². The van der Waals surface area contributed by atoms with E-state index in [-0.39, 0.29) is 19.6 Å². The van der Waals surface area contributed by atoms with E-state index in [2.05, 4.69) is 15.6 Å². The minimum atomic E-state index is -1.18. The molecule has 1 unspecified atom stereocenters. The molecule has 0 bridgehead atoms. The molecule has 2 amide bonds. The number of carbonyl (C=O) groups excluding carboxylic acids is 1. The highest BCUT2D eigenvalue weighted by Crippen LogP contribution is 1.97. The molecule has 0 spiro atoms. The number of urea groups is 1. The summed E-state index contributed by atoms with van der Waals surface area (Å²) in [5.74, 6) is -1.18. The number of aromatic nitrogens is 1. The predicted molar refractivity (Wildman–Crippen MR) is 67.5 cm³/mol. The maximum absolute atomic E-state index is 11.5. The maximum atomic E-state index is 11.5. The van der Waals surface area contributed by atoms with Crippen LogP contribution in [0.15, 0.2) is 18.2 Å². The number of carboxylic acids is 1. The number of nitrogens with one attached hydrogen (secondary N) is 2. The number of carboxylic acid groups (broad SMARTS) is 1. The van der Waals surface area contributed by atoms with Gasteiger partial charge in [0.05, 0.1) is 12.2 Å². The van der Waals surface area contributed by atoms with Crippen LogP contribution in [0.25, 0.3) is 0 Å². The fourth-order valence-electron chi connectivity index (χ4n) is 1.46. The lowest BCUT2D eigenvalue weighted by Crippen LogP contribution is -2.46. The molecule has 0 fully saturated rings. The van der Waals surface area contributed by atoms with Crippen molar-refractivity contribution in [3.8, 4) is 0 Å². The van der Waals surface area contributed by atoms with E-state index in [0.29, 0.717) is 5.69 Å². The minimum absolute atomic E-state index is 0.0363. The summed E-state index contributed by atoms with van der Waals surface area (Å²) in [6, 6.07) is 3.71. The molecule has 7 nitrogen and oxygen atoms in total. The van der Waals surface area contributed by atoms with Gasteiger partial charge in [0.15, 0.2) is 0 Å². The van der Waals surface area contributed by atoms with Crippen LogP contribution in [-0.4, -0.2) is 39.8 Å². The highest BCUT2D eigenvalue weighted by atomic mass is 16.4. The van der Waals surface area contributed by atoms with Crippen molar-refractivity contribution in [2.75, 3.05) is 6.61 Å². The van der Waals surface area contributed by atoms with Crippen molar-refractivity contribution in [1.82, 2.24) is 15.6 Å². The summed E-state index contributed by atoms with van der Waals surface area (Å²) >= 11 is 0. The van der Waals surface area contributed by atoms with E-state index >= 15 is 0 Å². The maximum Gasteiger partial charge on any atom is 0.326 e. The second kappa shape index (κ2) is 7.32. The van der Waals surface area contributed by atoms with Crippen LogP contribution >= 0.6 is 0 Å². The third kappa shape index (κ3) is 5.35. The SMILES string of the molecule is Cc1cccc(CNC(=O)NC(CCO)C(=O)O)n1. The molecule has 1 aromatic rings. The van der Waals surface area contributed by atoms with Crippen molar-refractivity contribution in [3.63, 3.8) is 0 Å². The molecule has 0 aliphatic rings. The van der Waals surface area contributed by atoms with Crippen LogP contribution in [0.1, 0.15) is 17.8 Å². The molecule has 0 aromatic carbocycles. The van der Waals surface area contributed by atoms with Gasteiger partial charge in [-0.3, -0.25) is 4.98 Å². The average Bonchev–Trinajstić information content (AvgIpc) is 2.36. The molecule has 0 saturated carbocycles. The Labute approximate surface area is 110 Å². The second-order valence-electron chi connectivity index (χ2n) is 4.00. The van der Waals surface area contributed by atoms with Crippen LogP contribution in [0.2, 0.25) is 0 Å². The molecule has 0 radical (unpaired) electrons. The first-order valence-corrected chi connectivity index (χ1v) is 5.83. The van der Waals surface area contributed by atoms with Gasteiger partial charge in [-0.1, -0.05) is 6.07 Å². The highest BCUT2D eigenvalue weighted by Gasteiger charge is 2.18. The Morgan fingerprint density at radius 1 is 1.42 bits per heavy atom. The van der Waals surface area contributed by atoms with Crippen molar-refractivity contribution in [3.05, 3.63) is 29.6 Å². The van der Waals surface area contributed by atoms with Crippen LogP contribution in [0, 0.1) is 6.92 Å². The number of amides is 2. The van der Waals surface area contributed by atoms with Gasteiger partial charge >= 0.3 is 12.0 Å². The Balaban J connectivity index is 2.44. The molecule has 7 heteroatoms. The zero-order chi connectivity index (χ0) is 14.3.